The molecule has 0 saturated carbocycles. The first-order valence-electron chi connectivity index (χ1n) is 8.86. The highest BCUT2D eigenvalue weighted by molar-refractivity contribution is 5.98. The van der Waals surface area contributed by atoms with E-state index < -0.39 is 18.0 Å². The zero-order chi connectivity index (χ0) is 20.1. The summed E-state index contributed by atoms with van der Waals surface area (Å²) >= 11 is 0. The van der Waals surface area contributed by atoms with Crippen LogP contribution < -0.4 is 5.32 Å². The number of aryl methyl sites for hydroxylation is 2. The summed E-state index contributed by atoms with van der Waals surface area (Å²) in [6, 6.07) is 20.3. The van der Waals surface area contributed by atoms with Crippen molar-refractivity contribution in [2.45, 2.75) is 20.0 Å². The van der Waals surface area contributed by atoms with Crippen LogP contribution in [0.15, 0.2) is 72.8 Å². The van der Waals surface area contributed by atoms with Gasteiger partial charge in [-0.3, -0.25) is 4.79 Å². The molecule has 5 nitrogen and oxygen atoms in total. The van der Waals surface area contributed by atoms with Crippen molar-refractivity contribution in [1.82, 2.24) is 0 Å². The number of hydrogen-bond acceptors (Lipinski definition) is 4. The molecule has 0 bridgehead atoms. The summed E-state index contributed by atoms with van der Waals surface area (Å²) in [5.41, 5.74) is 3.39. The molecule has 0 aromatic heterocycles. The number of esters is 1. The molecule has 3 aromatic rings. The second-order valence-corrected chi connectivity index (χ2v) is 6.61. The van der Waals surface area contributed by atoms with Crippen molar-refractivity contribution in [3.05, 3.63) is 95.1 Å². The monoisotopic (exact) mass is 375 g/mol. The van der Waals surface area contributed by atoms with E-state index in [2.05, 4.69) is 5.32 Å². The van der Waals surface area contributed by atoms with Crippen LogP contribution in [0.3, 0.4) is 0 Å². The third kappa shape index (κ3) is 4.76. The molecule has 142 valence electrons. The molecule has 0 saturated heterocycles. The number of anilines is 1. The van der Waals surface area contributed by atoms with Gasteiger partial charge in [-0.15, -0.1) is 0 Å². The van der Waals surface area contributed by atoms with Crippen LogP contribution in [0.25, 0.3) is 0 Å². The molecule has 3 rings (SSSR count). The molecular formula is C23H21NO4. The minimum Gasteiger partial charge on any atom is -0.508 e. The molecule has 5 heteroatoms. The first-order valence-corrected chi connectivity index (χ1v) is 8.86. The predicted octanol–water partition coefficient (Wildman–Crippen LogP) is 4.55. The third-order valence-electron chi connectivity index (χ3n) is 4.14. The van der Waals surface area contributed by atoms with Gasteiger partial charge in [0.25, 0.3) is 5.91 Å². The summed E-state index contributed by atoms with van der Waals surface area (Å²) in [4.78, 5) is 25.5. The molecule has 3 aromatic carbocycles. The lowest BCUT2D eigenvalue weighted by Crippen LogP contribution is -2.26. The molecule has 0 aliphatic rings. The molecule has 1 amide bonds. The van der Waals surface area contributed by atoms with Gasteiger partial charge in [0.05, 0.1) is 5.56 Å². The number of rotatable bonds is 5. The largest absolute Gasteiger partial charge is 0.508 e. The van der Waals surface area contributed by atoms with Crippen LogP contribution in [-0.4, -0.2) is 17.0 Å². The van der Waals surface area contributed by atoms with Gasteiger partial charge in [0.2, 0.25) is 6.10 Å². The lowest BCUT2D eigenvalue weighted by Gasteiger charge is -2.18. The number of ether oxygens (including phenoxy) is 1. The number of hydrogen-bond donors (Lipinski definition) is 2. The summed E-state index contributed by atoms with van der Waals surface area (Å²) in [6.07, 6.45) is -1.13. The average molecular weight is 375 g/mol. The number of nitrogens with one attached hydrogen (secondary N) is 1. The van der Waals surface area contributed by atoms with Crippen LogP contribution in [0.5, 0.6) is 5.75 Å². The van der Waals surface area contributed by atoms with Gasteiger partial charge < -0.3 is 15.2 Å². The quantitative estimate of drug-likeness (QED) is 0.642. The van der Waals surface area contributed by atoms with Gasteiger partial charge >= 0.3 is 5.97 Å². The van der Waals surface area contributed by atoms with E-state index in [0.29, 0.717) is 11.3 Å². The van der Waals surface area contributed by atoms with Crippen molar-refractivity contribution in [2.24, 2.45) is 0 Å². The van der Waals surface area contributed by atoms with Gasteiger partial charge in [0.1, 0.15) is 5.75 Å². The standard InChI is InChI=1S/C23H21NO4/c1-15-11-16(2)13-19(12-15)24-22(26)21(17-7-4-3-5-8-17)28-23(27)18-9-6-10-20(25)14-18/h3-14,21,25H,1-2H3,(H,24,26). The highest BCUT2D eigenvalue weighted by Crippen LogP contribution is 2.23. The third-order valence-corrected chi connectivity index (χ3v) is 4.14. The molecule has 0 aliphatic heterocycles. The lowest BCUT2D eigenvalue weighted by atomic mass is 10.1. The van der Waals surface area contributed by atoms with E-state index in [1.807, 2.05) is 38.1 Å². The molecule has 0 spiro atoms. The topological polar surface area (TPSA) is 75.6 Å². The van der Waals surface area contributed by atoms with E-state index >= 15 is 0 Å². The van der Waals surface area contributed by atoms with Crippen LogP contribution in [-0.2, 0) is 9.53 Å². The SMILES string of the molecule is Cc1cc(C)cc(NC(=O)C(OC(=O)c2cccc(O)c2)c2ccccc2)c1. The lowest BCUT2D eigenvalue weighted by molar-refractivity contribution is -0.125. The van der Waals surface area contributed by atoms with Crippen LogP contribution in [0.1, 0.15) is 33.2 Å². The van der Waals surface area contributed by atoms with Gasteiger partial charge in [0.15, 0.2) is 0 Å². The Morgan fingerprint density at radius 2 is 1.57 bits per heavy atom. The van der Waals surface area contributed by atoms with Gasteiger partial charge in [-0.1, -0.05) is 42.5 Å². The van der Waals surface area contributed by atoms with Crippen molar-refractivity contribution < 1.29 is 19.4 Å². The van der Waals surface area contributed by atoms with E-state index in [9.17, 15) is 14.7 Å². The van der Waals surface area contributed by atoms with Crippen molar-refractivity contribution in [3.8, 4) is 5.75 Å². The number of benzene rings is 3. The summed E-state index contributed by atoms with van der Waals surface area (Å²) in [5, 5.41) is 12.4. The maximum atomic E-state index is 12.9. The molecular weight excluding hydrogens is 354 g/mol. The van der Waals surface area contributed by atoms with Gasteiger partial charge in [0, 0.05) is 11.3 Å². The molecule has 1 unspecified atom stereocenters. The van der Waals surface area contributed by atoms with Gasteiger partial charge in [-0.05, 0) is 55.3 Å². The minimum atomic E-state index is -1.13. The molecule has 0 aliphatic carbocycles. The highest BCUT2D eigenvalue weighted by Gasteiger charge is 2.26. The van der Waals surface area contributed by atoms with Gasteiger partial charge in [-0.25, -0.2) is 4.79 Å². The second kappa shape index (κ2) is 8.39. The summed E-state index contributed by atoms with van der Waals surface area (Å²) in [5.74, 6) is -1.20. The Balaban J connectivity index is 1.86. The fraction of sp³-hybridized carbons (Fsp3) is 0.130. The van der Waals surface area contributed by atoms with Crippen molar-refractivity contribution in [3.63, 3.8) is 0 Å². The maximum absolute atomic E-state index is 12.9. The summed E-state index contributed by atoms with van der Waals surface area (Å²) in [7, 11) is 0. The highest BCUT2D eigenvalue weighted by atomic mass is 16.5. The Labute approximate surface area is 163 Å². The van der Waals surface area contributed by atoms with E-state index in [1.54, 1.807) is 30.3 Å². The molecule has 0 radical (unpaired) electrons. The summed E-state index contributed by atoms with van der Waals surface area (Å²) in [6.45, 7) is 3.89. The fourth-order valence-electron chi connectivity index (χ4n) is 2.96. The number of carbonyl (C=O) groups is 2. The first kappa shape index (κ1) is 19.2. The predicted molar refractivity (Wildman–Crippen MR) is 107 cm³/mol. The maximum Gasteiger partial charge on any atom is 0.339 e. The fourth-order valence-corrected chi connectivity index (χ4v) is 2.96. The number of carbonyl (C=O) groups excluding carboxylic acids is 2. The van der Waals surface area contributed by atoms with E-state index in [-0.39, 0.29) is 11.3 Å². The van der Waals surface area contributed by atoms with Crippen LogP contribution in [0.2, 0.25) is 0 Å². The van der Waals surface area contributed by atoms with Crippen LogP contribution in [0, 0.1) is 13.8 Å². The molecule has 28 heavy (non-hydrogen) atoms. The van der Waals surface area contributed by atoms with Crippen molar-refractivity contribution in [2.75, 3.05) is 5.32 Å². The number of phenolic OH excluding ortho intramolecular Hbond substituents is 1. The Hall–Kier alpha value is -3.60. The van der Waals surface area contributed by atoms with Crippen LogP contribution >= 0.6 is 0 Å². The average Bonchev–Trinajstić information content (AvgIpc) is 2.65. The molecule has 1 atom stereocenters. The van der Waals surface area contributed by atoms with E-state index in [0.717, 1.165) is 11.1 Å². The zero-order valence-electron chi connectivity index (χ0n) is 15.7. The molecule has 0 fully saturated rings. The Bertz CT molecular complexity index is 978. The number of amides is 1. The number of phenols is 1. The Morgan fingerprint density at radius 1 is 0.893 bits per heavy atom. The van der Waals surface area contributed by atoms with Crippen molar-refractivity contribution in [1.29, 1.82) is 0 Å². The molecule has 2 N–H and O–H groups in total. The van der Waals surface area contributed by atoms with Crippen molar-refractivity contribution >= 4 is 17.6 Å². The Morgan fingerprint density at radius 3 is 2.21 bits per heavy atom. The van der Waals surface area contributed by atoms with E-state index in [1.165, 1.54) is 18.2 Å². The van der Waals surface area contributed by atoms with E-state index in [4.69, 9.17) is 4.74 Å². The summed E-state index contributed by atoms with van der Waals surface area (Å²) < 4.78 is 5.51. The van der Waals surface area contributed by atoms with Crippen LogP contribution in [0.4, 0.5) is 5.69 Å². The normalized spacial score (nSPS) is 11.5. The second-order valence-electron chi connectivity index (χ2n) is 6.61. The number of aromatic hydroxyl groups is 1. The zero-order valence-corrected chi connectivity index (χ0v) is 15.7. The first-order chi connectivity index (χ1) is 13.4. The van der Waals surface area contributed by atoms with Gasteiger partial charge in [-0.2, -0.15) is 0 Å². The smallest absolute Gasteiger partial charge is 0.339 e. The Kier molecular flexibility index (Phi) is 5.75. The minimum absolute atomic E-state index is 0.0506. The molecule has 0 heterocycles.